The third-order valence-electron chi connectivity index (χ3n) is 4.53. The van der Waals surface area contributed by atoms with Crippen LogP contribution in [0.15, 0.2) is 38.0 Å². The number of carbonyl (C=O) groups is 1. The summed E-state index contributed by atoms with van der Waals surface area (Å²) in [6.45, 7) is 3.36. The summed E-state index contributed by atoms with van der Waals surface area (Å²) in [7, 11) is 0. The zero-order valence-electron chi connectivity index (χ0n) is 12.5. The molecule has 0 aliphatic carbocycles. The summed E-state index contributed by atoms with van der Waals surface area (Å²) in [5.74, 6) is 0.682. The summed E-state index contributed by atoms with van der Waals surface area (Å²) in [5.41, 5.74) is 0. The van der Waals surface area contributed by atoms with Gasteiger partial charge in [0.2, 0.25) is 0 Å². The molecule has 0 spiro atoms. The van der Waals surface area contributed by atoms with Gasteiger partial charge in [0.15, 0.2) is 10.3 Å². The van der Waals surface area contributed by atoms with E-state index in [1.54, 1.807) is 6.07 Å². The quantitative estimate of drug-likeness (QED) is 0.886. The zero-order valence-corrected chi connectivity index (χ0v) is 14.8. The summed E-state index contributed by atoms with van der Waals surface area (Å²) in [4.78, 5) is 15.7. The van der Waals surface area contributed by atoms with E-state index in [1.165, 1.54) is 49.0 Å². The van der Waals surface area contributed by atoms with Crippen molar-refractivity contribution in [1.82, 2.24) is 10.2 Å². The number of piperidine rings is 3. The average Bonchev–Trinajstić information content (AvgIpc) is 3.18. The molecule has 3 aliphatic rings. The topological polar surface area (TPSA) is 45.5 Å². The van der Waals surface area contributed by atoms with Crippen LogP contribution in [-0.4, -0.2) is 36.5 Å². The van der Waals surface area contributed by atoms with E-state index in [9.17, 15) is 4.79 Å². The first-order valence-electron chi connectivity index (χ1n) is 7.73. The van der Waals surface area contributed by atoms with Gasteiger partial charge < -0.3 is 14.6 Å². The predicted octanol–water partition coefficient (Wildman–Crippen LogP) is 3.97. The number of furan rings is 1. The van der Waals surface area contributed by atoms with Gasteiger partial charge in [-0.2, -0.15) is 0 Å². The first-order valence-corrected chi connectivity index (χ1v) is 9.75. The second kappa shape index (κ2) is 6.51. The van der Waals surface area contributed by atoms with Crippen LogP contribution in [0, 0.1) is 5.92 Å². The molecule has 3 aliphatic heterocycles. The molecule has 4 nitrogen and oxygen atoms in total. The SMILES string of the molecule is O=C(NC1CN2CCC1CC2)c1ccc(Sc2ccc(Cl)o2)s1. The standard InChI is InChI=1S/C16H17ClN2O2S2/c17-13-2-3-14(21-13)23-15-4-1-12(22-15)16(20)18-11-9-19-7-5-10(11)6-8-19/h1-4,10-11H,5-9H2,(H,18,20). The summed E-state index contributed by atoms with van der Waals surface area (Å²) in [6, 6.07) is 7.69. The van der Waals surface area contributed by atoms with Crippen LogP contribution in [0.1, 0.15) is 22.5 Å². The van der Waals surface area contributed by atoms with E-state index in [2.05, 4.69) is 10.2 Å². The van der Waals surface area contributed by atoms with Crippen molar-refractivity contribution in [3.05, 3.63) is 34.4 Å². The number of thiophene rings is 1. The van der Waals surface area contributed by atoms with Crippen molar-refractivity contribution in [2.45, 2.75) is 28.2 Å². The maximum Gasteiger partial charge on any atom is 0.261 e. The highest BCUT2D eigenvalue weighted by molar-refractivity contribution is 8.01. The van der Waals surface area contributed by atoms with E-state index in [-0.39, 0.29) is 5.91 Å². The second-order valence-electron chi connectivity index (χ2n) is 6.00. The van der Waals surface area contributed by atoms with Gasteiger partial charge in [0.25, 0.3) is 5.91 Å². The maximum atomic E-state index is 12.5. The highest BCUT2D eigenvalue weighted by Gasteiger charge is 2.35. The van der Waals surface area contributed by atoms with Crippen LogP contribution in [0.2, 0.25) is 5.22 Å². The van der Waals surface area contributed by atoms with E-state index < -0.39 is 0 Å². The largest absolute Gasteiger partial charge is 0.438 e. The molecule has 0 aromatic carbocycles. The Kier molecular flexibility index (Phi) is 4.41. The van der Waals surface area contributed by atoms with Crippen molar-refractivity contribution >= 4 is 40.6 Å². The van der Waals surface area contributed by atoms with Crippen molar-refractivity contribution in [2.75, 3.05) is 19.6 Å². The minimum absolute atomic E-state index is 0.0399. The Morgan fingerprint density at radius 3 is 2.78 bits per heavy atom. The summed E-state index contributed by atoms with van der Waals surface area (Å²) in [5, 5.41) is 4.34. The number of hydrogen-bond acceptors (Lipinski definition) is 5. The minimum atomic E-state index is 0.0399. The van der Waals surface area contributed by atoms with Gasteiger partial charge in [0.1, 0.15) is 0 Å². The summed E-state index contributed by atoms with van der Waals surface area (Å²) >= 11 is 8.75. The molecule has 1 unspecified atom stereocenters. The number of hydrogen-bond donors (Lipinski definition) is 1. The van der Waals surface area contributed by atoms with Gasteiger partial charge in [-0.1, -0.05) is 0 Å². The number of nitrogens with zero attached hydrogens (tertiary/aromatic N) is 1. The van der Waals surface area contributed by atoms with Gasteiger partial charge >= 0.3 is 0 Å². The molecule has 3 fully saturated rings. The molecule has 0 radical (unpaired) electrons. The van der Waals surface area contributed by atoms with Gasteiger partial charge in [0.05, 0.1) is 9.09 Å². The highest BCUT2D eigenvalue weighted by atomic mass is 35.5. The van der Waals surface area contributed by atoms with Gasteiger partial charge in [-0.25, -0.2) is 0 Å². The van der Waals surface area contributed by atoms with Crippen LogP contribution in [0.5, 0.6) is 0 Å². The number of fused-ring (bicyclic) bond motifs is 3. The Morgan fingerprint density at radius 1 is 1.30 bits per heavy atom. The zero-order chi connectivity index (χ0) is 15.8. The lowest BCUT2D eigenvalue weighted by Gasteiger charge is -2.44. The van der Waals surface area contributed by atoms with E-state index in [4.69, 9.17) is 16.0 Å². The number of rotatable bonds is 4. The number of amides is 1. The summed E-state index contributed by atoms with van der Waals surface area (Å²) in [6.07, 6.45) is 2.41. The second-order valence-corrected chi connectivity index (χ2v) is 8.76. The van der Waals surface area contributed by atoms with Crippen molar-refractivity contribution < 1.29 is 9.21 Å². The monoisotopic (exact) mass is 368 g/mol. The smallest absolute Gasteiger partial charge is 0.261 e. The summed E-state index contributed by atoms with van der Waals surface area (Å²) < 4.78 is 6.36. The van der Waals surface area contributed by atoms with Gasteiger partial charge in [-0.3, -0.25) is 4.79 Å². The van der Waals surface area contributed by atoms with E-state index >= 15 is 0 Å². The van der Waals surface area contributed by atoms with Gasteiger partial charge in [-0.15, -0.1) is 11.3 Å². The molecule has 7 heteroatoms. The Bertz CT molecular complexity index is 707. The number of carbonyl (C=O) groups excluding carboxylic acids is 1. The van der Waals surface area contributed by atoms with E-state index in [0.29, 0.717) is 17.2 Å². The molecule has 5 heterocycles. The van der Waals surface area contributed by atoms with Gasteiger partial charge in [0, 0.05) is 12.6 Å². The molecular weight excluding hydrogens is 352 g/mol. The molecular formula is C16H17ClN2O2S2. The third-order valence-corrected chi connectivity index (χ3v) is 6.87. The van der Waals surface area contributed by atoms with Gasteiger partial charge in [-0.05, 0) is 79.5 Å². The normalized spacial score (nSPS) is 26.4. The molecule has 23 heavy (non-hydrogen) atoms. The van der Waals surface area contributed by atoms with Crippen LogP contribution in [0.25, 0.3) is 0 Å². The Hall–Kier alpha value is -0.950. The van der Waals surface area contributed by atoms with Crippen LogP contribution < -0.4 is 5.32 Å². The lowest BCUT2D eigenvalue weighted by molar-refractivity contribution is 0.0622. The molecule has 3 saturated heterocycles. The maximum absolute atomic E-state index is 12.5. The molecule has 1 atom stereocenters. The molecule has 2 bridgehead atoms. The molecule has 2 aromatic heterocycles. The van der Waals surface area contributed by atoms with E-state index in [1.807, 2.05) is 18.2 Å². The van der Waals surface area contributed by atoms with Crippen molar-refractivity contribution in [2.24, 2.45) is 5.92 Å². The Labute approximate surface area is 148 Å². The first-order chi connectivity index (χ1) is 11.2. The average molecular weight is 369 g/mol. The number of halogens is 1. The Balaban J connectivity index is 1.39. The molecule has 2 aromatic rings. The molecule has 0 saturated carbocycles. The molecule has 122 valence electrons. The first kappa shape index (κ1) is 15.6. The molecule has 1 amide bonds. The lowest BCUT2D eigenvalue weighted by atomic mass is 9.84. The fraction of sp³-hybridized carbons (Fsp3) is 0.438. The van der Waals surface area contributed by atoms with Crippen LogP contribution in [0.4, 0.5) is 0 Å². The number of nitrogens with one attached hydrogen (secondary N) is 1. The van der Waals surface area contributed by atoms with Crippen molar-refractivity contribution in [3.63, 3.8) is 0 Å². The van der Waals surface area contributed by atoms with Crippen LogP contribution in [-0.2, 0) is 0 Å². The molecule has 5 rings (SSSR count). The van der Waals surface area contributed by atoms with Crippen molar-refractivity contribution in [3.8, 4) is 0 Å². The third kappa shape index (κ3) is 3.45. The van der Waals surface area contributed by atoms with E-state index in [0.717, 1.165) is 20.7 Å². The van der Waals surface area contributed by atoms with Crippen LogP contribution >= 0.6 is 34.7 Å². The highest BCUT2D eigenvalue weighted by Crippen LogP contribution is 2.35. The van der Waals surface area contributed by atoms with Crippen LogP contribution in [0.3, 0.4) is 0 Å². The Morgan fingerprint density at radius 2 is 2.13 bits per heavy atom. The minimum Gasteiger partial charge on any atom is -0.438 e. The fourth-order valence-electron chi connectivity index (χ4n) is 3.32. The lowest BCUT2D eigenvalue weighted by Crippen LogP contribution is -2.57. The molecule has 1 N–H and O–H groups in total. The van der Waals surface area contributed by atoms with Crippen molar-refractivity contribution in [1.29, 1.82) is 0 Å². The predicted molar refractivity (Wildman–Crippen MR) is 92.6 cm³/mol. The fourth-order valence-corrected chi connectivity index (χ4v) is 5.43.